The van der Waals surface area contributed by atoms with Crippen LogP contribution in [0.3, 0.4) is 0 Å². The predicted octanol–water partition coefficient (Wildman–Crippen LogP) is 2.54. The minimum Gasteiger partial charge on any atom is -0.508 e. The maximum Gasteiger partial charge on any atom is 0.119 e. The van der Waals surface area contributed by atoms with Crippen molar-refractivity contribution in [3.05, 3.63) is 46.2 Å². The van der Waals surface area contributed by atoms with Crippen LogP contribution < -0.4 is 5.32 Å². The van der Waals surface area contributed by atoms with Gasteiger partial charge in [-0.1, -0.05) is 0 Å². The van der Waals surface area contributed by atoms with E-state index in [4.69, 9.17) is 0 Å². The first-order valence-electron chi connectivity index (χ1n) is 6.02. The molecule has 0 bridgehead atoms. The third-order valence-electron chi connectivity index (χ3n) is 2.97. The lowest BCUT2D eigenvalue weighted by Crippen LogP contribution is -2.24. The van der Waals surface area contributed by atoms with Gasteiger partial charge in [0, 0.05) is 18.7 Å². The average molecular weight is 279 g/mol. The van der Waals surface area contributed by atoms with Crippen molar-refractivity contribution in [2.75, 3.05) is 6.54 Å². The van der Waals surface area contributed by atoms with Crippen molar-refractivity contribution in [3.8, 4) is 11.5 Å². The number of rotatable bonds is 5. The summed E-state index contributed by atoms with van der Waals surface area (Å²) >= 11 is 1.55. The summed E-state index contributed by atoms with van der Waals surface area (Å²) in [5, 5.41) is 35.8. The van der Waals surface area contributed by atoms with Crippen molar-refractivity contribution in [1.29, 1.82) is 0 Å². The van der Waals surface area contributed by atoms with Crippen molar-refractivity contribution in [2.24, 2.45) is 0 Å². The van der Waals surface area contributed by atoms with Gasteiger partial charge in [0.1, 0.15) is 11.5 Å². The third-order valence-corrected chi connectivity index (χ3v) is 3.67. The lowest BCUT2D eigenvalue weighted by Gasteiger charge is -2.17. The summed E-state index contributed by atoms with van der Waals surface area (Å²) < 4.78 is 0. The smallest absolute Gasteiger partial charge is 0.119 e. The molecule has 19 heavy (non-hydrogen) atoms. The van der Waals surface area contributed by atoms with Gasteiger partial charge in [0.15, 0.2) is 0 Å². The lowest BCUT2D eigenvalue weighted by atomic mass is 10.1. The van der Waals surface area contributed by atoms with Crippen LogP contribution in [0.15, 0.2) is 35.0 Å². The molecule has 0 aliphatic rings. The molecule has 0 spiro atoms. The largest absolute Gasteiger partial charge is 0.508 e. The fourth-order valence-electron chi connectivity index (χ4n) is 1.86. The van der Waals surface area contributed by atoms with Crippen LogP contribution in [-0.2, 0) is 0 Å². The van der Waals surface area contributed by atoms with E-state index < -0.39 is 6.10 Å². The van der Waals surface area contributed by atoms with E-state index in [0.717, 1.165) is 11.1 Å². The molecule has 1 heterocycles. The zero-order chi connectivity index (χ0) is 13.8. The highest BCUT2D eigenvalue weighted by atomic mass is 32.1. The summed E-state index contributed by atoms with van der Waals surface area (Å²) in [5.74, 6) is 0.0593. The Morgan fingerprint density at radius 2 is 1.84 bits per heavy atom. The van der Waals surface area contributed by atoms with Gasteiger partial charge < -0.3 is 20.6 Å². The van der Waals surface area contributed by atoms with E-state index in [2.05, 4.69) is 5.32 Å². The Labute approximate surface area is 116 Å². The molecule has 0 aliphatic heterocycles. The van der Waals surface area contributed by atoms with Crippen LogP contribution in [0.1, 0.15) is 30.2 Å². The maximum atomic E-state index is 9.96. The van der Waals surface area contributed by atoms with Crippen LogP contribution in [-0.4, -0.2) is 21.9 Å². The van der Waals surface area contributed by atoms with Crippen LogP contribution in [0, 0.1) is 0 Å². The van der Waals surface area contributed by atoms with Gasteiger partial charge in [-0.05, 0) is 47.0 Å². The van der Waals surface area contributed by atoms with E-state index in [0.29, 0.717) is 6.54 Å². The first-order valence-corrected chi connectivity index (χ1v) is 6.97. The molecular weight excluding hydrogens is 262 g/mol. The Hall–Kier alpha value is -1.56. The van der Waals surface area contributed by atoms with E-state index in [1.807, 2.05) is 23.8 Å². The lowest BCUT2D eigenvalue weighted by molar-refractivity contribution is 0.171. The Kier molecular flexibility index (Phi) is 4.42. The van der Waals surface area contributed by atoms with Crippen LogP contribution >= 0.6 is 11.3 Å². The second-order valence-corrected chi connectivity index (χ2v) is 5.27. The number of hydrogen-bond donors (Lipinski definition) is 4. The highest BCUT2D eigenvalue weighted by Crippen LogP contribution is 2.25. The first kappa shape index (κ1) is 13.9. The quantitative estimate of drug-likeness (QED) is 0.678. The number of nitrogens with one attached hydrogen (secondary N) is 1. The zero-order valence-electron chi connectivity index (χ0n) is 10.6. The summed E-state index contributed by atoms with van der Waals surface area (Å²) in [5.41, 5.74) is 1.67. The highest BCUT2D eigenvalue weighted by molar-refractivity contribution is 7.07. The molecule has 0 radical (unpaired) electrons. The van der Waals surface area contributed by atoms with E-state index in [-0.39, 0.29) is 17.5 Å². The number of benzene rings is 1. The molecule has 2 unspecified atom stereocenters. The average Bonchev–Trinajstić information content (AvgIpc) is 2.88. The van der Waals surface area contributed by atoms with Crippen LogP contribution in [0.4, 0.5) is 0 Å². The highest BCUT2D eigenvalue weighted by Gasteiger charge is 2.12. The first-order chi connectivity index (χ1) is 9.06. The molecule has 2 atom stereocenters. The van der Waals surface area contributed by atoms with Gasteiger partial charge >= 0.3 is 0 Å². The number of aromatic hydroxyl groups is 2. The molecule has 0 saturated heterocycles. The molecule has 1 aromatic heterocycles. The van der Waals surface area contributed by atoms with Crippen LogP contribution in [0.5, 0.6) is 11.5 Å². The summed E-state index contributed by atoms with van der Waals surface area (Å²) in [6, 6.07) is 6.28. The van der Waals surface area contributed by atoms with Crippen molar-refractivity contribution in [3.63, 3.8) is 0 Å². The van der Waals surface area contributed by atoms with E-state index in [1.165, 1.54) is 6.07 Å². The molecule has 4 nitrogen and oxygen atoms in total. The second-order valence-electron chi connectivity index (χ2n) is 4.49. The Bertz CT molecular complexity index is 507. The van der Waals surface area contributed by atoms with Gasteiger partial charge in [0.05, 0.1) is 6.10 Å². The SMILES string of the molecule is CC(NCC(O)c1ccsc1)c1cc(O)cc(O)c1. The second kappa shape index (κ2) is 6.06. The van der Waals surface area contributed by atoms with Gasteiger partial charge in [0.2, 0.25) is 0 Å². The van der Waals surface area contributed by atoms with Gasteiger partial charge in [-0.2, -0.15) is 11.3 Å². The Morgan fingerprint density at radius 1 is 1.16 bits per heavy atom. The molecule has 4 N–H and O–H groups in total. The molecule has 0 saturated carbocycles. The fraction of sp³-hybridized carbons (Fsp3) is 0.286. The monoisotopic (exact) mass is 279 g/mol. The molecule has 0 fully saturated rings. The molecule has 2 rings (SSSR count). The van der Waals surface area contributed by atoms with Gasteiger partial charge in [-0.3, -0.25) is 0 Å². The van der Waals surface area contributed by atoms with E-state index in [9.17, 15) is 15.3 Å². The number of thiophene rings is 1. The maximum absolute atomic E-state index is 9.96. The topological polar surface area (TPSA) is 72.7 Å². The van der Waals surface area contributed by atoms with E-state index >= 15 is 0 Å². The molecular formula is C14H17NO3S. The fourth-order valence-corrected chi connectivity index (χ4v) is 2.56. The summed E-state index contributed by atoms with van der Waals surface area (Å²) in [7, 11) is 0. The summed E-state index contributed by atoms with van der Waals surface area (Å²) in [6.07, 6.45) is -0.556. The number of hydrogen-bond acceptors (Lipinski definition) is 5. The Morgan fingerprint density at radius 3 is 2.42 bits per heavy atom. The van der Waals surface area contributed by atoms with Crippen LogP contribution in [0.25, 0.3) is 0 Å². The number of phenolic OH excluding ortho intramolecular Hbond substituents is 2. The normalized spacial score (nSPS) is 14.2. The van der Waals surface area contributed by atoms with Crippen molar-refractivity contribution >= 4 is 11.3 Å². The number of phenols is 2. The zero-order valence-corrected chi connectivity index (χ0v) is 11.4. The van der Waals surface area contributed by atoms with Crippen molar-refractivity contribution in [1.82, 2.24) is 5.32 Å². The third kappa shape index (κ3) is 3.70. The standard InChI is InChI=1S/C14H17NO3S/c1-9(11-4-12(16)6-13(17)5-11)15-7-14(18)10-2-3-19-8-10/h2-6,8-9,14-18H,7H2,1H3. The molecule has 0 aliphatic carbocycles. The minimum absolute atomic E-state index is 0.0297. The van der Waals surface area contributed by atoms with Crippen molar-refractivity contribution in [2.45, 2.75) is 19.1 Å². The molecule has 2 aromatic rings. The van der Waals surface area contributed by atoms with Gasteiger partial charge in [-0.15, -0.1) is 0 Å². The molecule has 5 heteroatoms. The number of aliphatic hydroxyl groups is 1. The summed E-state index contributed by atoms with van der Waals surface area (Å²) in [4.78, 5) is 0. The minimum atomic E-state index is -0.556. The van der Waals surface area contributed by atoms with E-state index in [1.54, 1.807) is 23.5 Å². The molecule has 1 aromatic carbocycles. The molecule has 0 amide bonds. The van der Waals surface area contributed by atoms with Crippen LogP contribution in [0.2, 0.25) is 0 Å². The van der Waals surface area contributed by atoms with Crippen molar-refractivity contribution < 1.29 is 15.3 Å². The molecule has 102 valence electrons. The van der Waals surface area contributed by atoms with Gasteiger partial charge in [0.25, 0.3) is 0 Å². The number of aliphatic hydroxyl groups excluding tert-OH is 1. The predicted molar refractivity (Wildman–Crippen MR) is 75.5 cm³/mol. The van der Waals surface area contributed by atoms with Gasteiger partial charge in [-0.25, -0.2) is 0 Å². The Balaban J connectivity index is 1.95. The summed E-state index contributed by atoms with van der Waals surface area (Å²) in [6.45, 7) is 2.32.